The quantitative estimate of drug-likeness (QED) is 0.853. The normalized spacial score (nSPS) is 15.5. The zero-order chi connectivity index (χ0) is 12.4. The third kappa shape index (κ3) is 2.79. The predicted molar refractivity (Wildman–Crippen MR) is 60.1 cm³/mol. The van der Waals surface area contributed by atoms with Crippen molar-refractivity contribution in [2.75, 3.05) is 0 Å². The number of aromatic nitrogens is 1. The second kappa shape index (κ2) is 4.22. The fraction of sp³-hybridized carbons (Fsp3) is 0.500. The smallest absolute Gasteiger partial charge is 0.340 e. The molecule has 1 aromatic heterocycles. The van der Waals surface area contributed by atoms with Crippen LogP contribution >= 0.6 is 0 Å². The molecule has 1 unspecified atom stereocenters. The molecule has 1 atom stereocenters. The van der Waals surface area contributed by atoms with E-state index in [1.54, 1.807) is 31.5 Å². The molecule has 1 rings (SSSR count). The van der Waals surface area contributed by atoms with E-state index in [0.29, 0.717) is 5.56 Å². The molecular weight excluding hydrogens is 206 g/mol. The second-order valence-electron chi connectivity index (χ2n) is 4.79. The van der Waals surface area contributed by atoms with E-state index in [0.717, 1.165) is 0 Å². The van der Waals surface area contributed by atoms with Gasteiger partial charge in [-0.3, -0.25) is 4.98 Å². The molecule has 0 aliphatic rings. The lowest BCUT2D eigenvalue weighted by molar-refractivity contribution is -0.183. The van der Waals surface area contributed by atoms with E-state index >= 15 is 0 Å². The standard InChI is InChI=1S/C12H17NO3/c1-11(2,3)16-12(4,10(14)15)9-5-7-13-8-6-9/h5-8H,1-4H3,(H,14,15). The molecule has 16 heavy (non-hydrogen) atoms. The summed E-state index contributed by atoms with van der Waals surface area (Å²) < 4.78 is 5.65. The van der Waals surface area contributed by atoms with E-state index in [9.17, 15) is 9.90 Å². The Labute approximate surface area is 95.3 Å². The summed E-state index contributed by atoms with van der Waals surface area (Å²) in [5, 5.41) is 9.30. The Morgan fingerprint density at radius 3 is 2.12 bits per heavy atom. The Hall–Kier alpha value is -1.42. The summed E-state index contributed by atoms with van der Waals surface area (Å²) in [4.78, 5) is 15.2. The summed E-state index contributed by atoms with van der Waals surface area (Å²) in [6.45, 7) is 7.04. The van der Waals surface area contributed by atoms with Gasteiger partial charge in [-0.15, -0.1) is 0 Å². The SMILES string of the molecule is CC(C)(C)OC(C)(C(=O)O)c1ccncc1. The first kappa shape index (κ1) is 12.6. The van der Waals surface area contributed by atoms with Gasteiger partial charge in [0, 0.05) is 12.4 Å². The Kier molecular flexibility index (Phi) is 3.33. The van der Waals surface area contributed by atoms with Crippen LogP contribution in [-0.2, 0) is 15.1 Å². The Bertz CT molecular complexity index is 370. The first-order valence-corrected chi connectivity index (χ1v) is 5.10. The average molecular weight is 223 g/mol. The number of carboxylic acid groups (broad SMARTS) is 1. The van der Waals surface area contributed by atoms with Crippen molar-refractivity contribution in [1.29, 1.82) is 0 Å². The lowest BCUT2D eigenvalue weighted by atomic mass is 9.95. The van der Waals surface area contributed by atoms with Gasteiger partial charge in [-0.05, 0) is 45.4 Å². The van der Waals surface area contributed by atoms with Crippen molar-refractivity contribution in [1.82, 2.24) is 4.98 Å². The van der Waals surface area contributed by atoms with Gasteiger partial charge in [-0.1, -0.05) is 0 Å². The van der Waals surface area contributed by atoms with Crippen LogP contribution in [0.15, 0.2) is 24.5 Å². The molecule has 0 spiro atoms. The van der Waals surface area contributed by atoms with Crippen molar-refractivity contribution >= 4 is 5.97 Å². The minimum absolute atomic E-state index is 0.531. The van der Waals surface area contributed by atoms with Gasteiger partial charge in [0.2, 0.25) is 0 Å². The van der Waals surface area contributed by atoms with Crippen LogP contribution < -0.4 is 0 Å². The maximum absolute atomic E-state index is 11.4. The number of carboxylic acids is 1. The molecule has 0 bridgehead atoms. The number of carbonyl (C=O) groups is 1. The number of nitrogens with zero attached hydrogens (tertiary/aromatic N) is 1. The summed E-state index contributed by atoms with van der Waals surface area (Å²) in [7, 11) is 0. The molecule has 0 amide bonds. The van der Waals surface area contributed by atoms with Crippen LogP contribution in [0.2, 0.25) is 0 Å². The summed E-state index contributed by atoms with van der Waals surface area (Å²) in [6.07, 6.45) is 3.12. The number of hydrogen-bond acceptors (Lipinski definition) is 3. The summed E-state index contributed by atoms with van der Waals surface area (Å²) in [5.41, 5.74) is -1.29. The third-order valence-corrected chi connectivity index (χ3v) is 2.15. The number of hydrogen-bond donors (Lipinski definition) is 1. The fourth-order valence-corrected chi connectivity index (χ4v) is 1.51. The highest BCUT2D eigenvalue weighted by molar-refractivity contribution is 5.78. The molecular formula is C12H17NO3. The van der Waals surface area contributed by atoms with Crippen LogP contribution in [0, 0.1) is 0 Å². The van der Waals surface area contributed by atoms with E-state index in [-0.39, 0.29) is 0 Å². The van der Waals surface area contributed by atoms with Crippen LogP contribution in [0.3, 0.4) is 0 Å². The zero-order valence-electron chi connectivity index (χ0n) is 10.0. The van der Waals surface area contributed by atoms with E-state index in [1.165, 1.54) is 0 Å². The minimum Gasteiger partial charge on any atom is -0.479 e. The zero-order valence-corrected chi connectivity index (χ0v) is 10.0. The van der Waals surface area contributed by atoms with Crippen LogP contribution in [0.5, 0.6) is 0 Å². The Morgan fingerprint density at radius 1 is 1.25 bits per heavy atom. The molecule has 0 aliphatic carbocycles. The average Bonchev–Trinajstić information content (AvgIpc) is 2.16. The molecule has 88 valence electrons. The van der Waals surface area contributed by atoms with Crippen molar-refractivity contribution in [2.45, 2.75) is 38.9 Å². The fourth-order valence-electron chi connectivity index (χ4n) is 1.51. The van der Waals surface area contributed by atoms with Crippen molar-refractivity contribution in [2.24, 2.45) is 0 Å². The van der Waals surface area contributed by atoms with E-state index < -0.39 is 17.2 Å². The minimum atomic E-state index is -1.35. The van der Waals surface area contributed by atoms with Crippen LogP contribution in [0.1, 0.15) is 33.3 Å². The largest absolute Gasteiger partial charge is 0.479 e. The molecule has 0 saturated heterocycles. The number of rotatable bonds is 3. The number of pyridine rings is 1. The van der Waals surface area contributed by atoms with Crippen LogP contribution in [0.4, 0.5) is 0 Å². The van der Waals surface area contributed by atoms with Gasteiger partial charge in [0.25, 0.3) is 0 Å². The third-order valence-electron chi connectivity index (χ3n) is 2.15. The Morgan fingerprint density at radius 2 is 1.75 bits per heavy atom. The van der Waals surface area contributed by atoms with E-state index in [1.807, 2.05) is 20.8 Å². The predicted octanol–water partition coefficient (Wildman–Crippen LogP) is 2.20. The van der Waals surface area contributed by atoms with Gasteiger partial charge < -0.3 is 9.84 Å². The van der Waals surface area contributed by atoms with Gasteiger partial charge in [-0.25, -0.2) is 4.79 Å². The topological polar surface area (TPSA) is 59.4 Å². The highest BCUT2D eigenvalue weighted by Crippen LogP contribution is 2.30. The molecule has 4 heteroatoms. The van der Waals surface area contributed by atoms with Crippen molar-refractivity contribution in [3.8, 4) is 0 Å². The van der Waals surface area contributed by atoms with E-state index in [2.05, 4.69) is 4.98 Å². The molecule has 1 aromatic rings. The molecule has 0 fully saturated rings. The number of aliphatic carboxylic acids is 1. The lowest BCUT2D eigenvalue weighted by Crippen LogP contribution is -2.41. The summed E-state index contributed by atoms with van der Waals surface area (Å²) in [6, 6.07) is 3.31. The summed E-state index contributed by atoms with van der Waals surface area (Å²) in [5.74, 6) is -1.01. The Balaban J connectivity index is 3.13. The van der Waals surface area contributed by atoms with Gasteiger partial charge in [0.15, 0.2) is 5.60 Å². The van der Waals surface area contributed by atoms with Gasteiger partial charge in [-0.2, -0.15) is 0 Å². The molecule has 1 heterocycles. The van der Waals surface area contributed by atoms with E-state index in [4.69, 9.17) is 4.74 Å². The first-order chi connectivity index (χ1) is 7.26. The second-order valence-corrected chi connectivity index (χ2v) is 4.79. The first-order valence-electron chi connectivity index (χ1n) is 5.10. The molecule has 0 radical (unpaired) electrons. The lowest BCUT2D eigenvalue weighted by Gasteiger charge is -2.33. The molecule has 0 aromatic carbocycles. The highest BCUT2D eigenvalue weighted by atomic mass is 16.5. The molecule has 0 aliphatic heterocycles. The maximum Gasteiger partial charge on any atom is 0.340 e. The van der Waals surface area contributed by atoms with Crippen molar-refractivity contribution in [3.63, 3.8) is 0 Å². The van der Waals surface area contributed by atoms with Crippen molar-refractivity contribution < 1.29 is 14.6 Å². The molecule has 1 N–H and O–H groups in total. The highest BCUT2D eigenvalue weighted by Gasteiger charge is 2.39. The van der Waals surface area contributed by atoms with Crippen molar-refractivity contribution in [3.05, 3.63) is 30.1 Å². The number of ether oxygens (including phenoxy) is 1. The van der Waals surface area contributed by atoms with Crippen LogP contribution in [-0.4, -0.2) is 21.7 Å². The van der Waals surface area contributed by atoms with Crippen LogP contribution in [0.25, 0.3) is 0 Å². The molecule has 4 nitrogen and oxygen atoms in total. The molecule has 0 saturated carbocycles. The van der Waals surface area contributed by atoms with Gasteiger partial charge in [0.1, 0.15) is 0 Å². The summed E-state index contributed by atoms with van der Waals surface area (Å²) >= 11 is 0. The van der Waals surface area contributed by atoms with Gasteiger partial charge in [0.05, 0.1) is 5.60 Å². The monoisotopic (exact) mass is 223 g/mol. The maximum atomic E-state index is 11.4. The van der Waals surface area contributed by atoms with Gasteiger partial charge >= 0.3 is 5.97 Å².